The van der Waals surface area contributed by atoms with Gasteiger partial charge in [-0.2, -0.15) is 17.6 Å². The smallest absolute Gasteiger partial charge is 0.211 e. The Morgan fingerprint density at radius 2 is 0.929 bits per heavy atom. The zero-order valence-corrected chi connectivity index (χ0v) is 8.80. The molecule has 0 aromatic heterocycles. The van der Waals surface area contributed by atoms with Gasteiger partial charge in [-0.1, -0.05) is 34.8 Å². The van der Waals surface area contributed by atoms with E-state index in [2.05, 4.69) is 46.4 Å². The fourth-order valence-corrected chi connectivity index (χ4v) is 0.962. The predicted octanol–water partition coefficient (Wildman–Crippen LogP) is 4.46. The molecule has 14 heavy (non-hydrogen) atoms. The van der Waals surface area contributed by atoms with Crippen LogP contribution in [0.1, 0.15) is 0 Å². The minimum absolute atomic E-state index is 3.91. The van der Waals surface area contributed by atoms with Gasteiger partial charge in [0.25, 0.3) is 0 Å². The first kappa shape index (κ1) is 14.7. The van der Waals surface area contributed by atoms with Gasteiger partial charge < -0.3 is 0 Å². The van der Waals surface area contributed by atoms with Crippen molar-refractivity contribution in [1.82, 2.24) is 0 Å². The number of halogens is 10. The summed E-state index contributed by atoms with van der Waals surface area (Å²) in [6, 6.07) is 0. The molecule has 86 valence electrons. The zero-order valence-electron chi connectivity index (χ0n) is 5.78. The van der Waals surface area contributed by atoms with E-state index in [9.17, 15) is 26.3 Å². The maximum atomic E-state index is 12.6. The van der Waals surface area contributed by atoms with Crippen molar-refractivity contribution >= 4 is 46.4 Å². The zero-order chi connectivity index (χ0) is 12.0. The molecule has 0 spiro atoms. The van der Waals surface area contributed by atoms with E-state index in [1.165, 1.54) is 0 Å². The molecule has 0 saturated carbocycles. The summed E-state index contributed by atoms with van der Waals surface area (Å²) in [5.41, 5.74) is 0. The minimum atomic E-state index is -5.60. The van der Waals surface area contributed by atoms with E-state index in [1.807, 2.05) is 0 Å². The molecular formula is C4Cl4F6. The van der Waals surface area contributed by atoms with Crippen LogP contribution in [-0.2, 0) is 0 Å². The molecule has 1 atom stereocenters. The Hall–Kier alpha value is 0.740. The van der Waals surface area contributed by atoms with Crippen molar-refractivity contribution in [3.05, 3.63) is 0 Å². The van der Waals surface area contributed by atoms with Crippen molar-refractivity contribution in [2.24, 2.45) is 0 Å². The number of rotatable bonds is 3. The maximum Gasteiger partial charge on any atom is 0.375 e. The monoisotopic (exact) mass is 302 g/mol. The minimum Gasteiger partial charge on any atom is -0.211 e. The van der Waals surface area contributed by atoms with Crippen molar-refractivity contribution in [1.29, 1.82) is 0 Å². The first-order chi connectivity index (χ1) is 5.75. The lowest BCUT2D eigenvalue weighted by Gasteiger charge is -2.33. The van der Waals surface area contributed by atoms with Gasteiger partial charge in [0.15, 0.2) is 0 Å². The molecular weight excluding hydrogens is 304 g/mol. The van der Waals surface area contributed by atoms with Crippen molar-refractivity contribution < 1.29 is 26.3 Å². The van der Waals surface area contributed by atoms with Crippen LogP contribution in [0.3, 0.4) is 0 Å². The van der Waals surface area contributed by atoms with Crippen LogP contribution in [0.2, 0.25) is 0 Å². The molecule has 0 aliphatic carbocycles. The Morgan fingerprint density at radius 1 is 0.643 bits per heavy atom. The van der Waals surface area contributed by atoms with Gasteiger partial charge in [-0.3, -0.25) is 0 Å². The lowest BCUT2D eigenvalue weighted by Crippen LogP contribution is -2.57. The fraction of sp³-hybridized carbons (Fsp3) is 1.00. The van der Waals surface area contributed by atoms with Gasteiger partial charge in [0.2, 0.25) is 0 Å². The van der Waals surface area contributed by atoms with Gasteiger partial charge in [-0.15, -0.1) is 0 Å². The Kier molecular flexibility index (Phi) is 3.84. The SMILES string of the molecule is FC(F)(Cl)C(F)(Cl)C(F)(F)C(F)(Cl)Cl. The quantitative estimate of drug-likeness (QED) is 0.533. The summed E-state index contributed by atoms with van der Waals surface area (Å²) >= 11 is 16.3. The van der Waals surface area contributed by atoms with Crippen LogP contribution in [0.5, 0.6) is 0 Å². The third-order valence-electron chi connectivity index (χ3n) is 1.11. The molecule has 0 amide bonds. The number of hydrogen-bond donors (Lipinski definition) is 0. The Bertz CT molecular complexity index is 191. The molecule has 0 heterocycles. The normalized spacial score (nSPS) is 19.3. The van der Waals surface area contributed by atoms with Gasteiger partial charge in [-0.05, 0) is 11.6 Å². The topological polar surface area (TPSA) is 0 Å². The highest BCUT2D eigenvalue weighted by Crippen LogP contribution is 2.57. The van der Waals surface area contributed by atoms with Gasteiger partial charge in [0, 0.05) is 0 Å². The molecule has 0 nitrogen and oxygen atoms in total. The van der Waals surface area contributed by atoms with Crippen LogP contribution in [0.15, 0.2) is 0 Å². The van der Waals surface area contributed by atoms with Gasteiger partial charge in [-0.25, -0.2) is 8.78 Å². The summed E-state index contributed by atoms with van der Waals surface area (Å²) in [6.45, 7) is 0. The number of hydrogen-bond acceptors (Lipinski definition) is 0. The second kappa shape index (κ2) is 3.64. The van der Waals surface area contributed by atoms with Crippen LogP contribution >= 0.6 is 46.4 Å². The molecule has 0 N–H and O–H groups in total. The summed E-state index contributed by atoms with van der Waals surface area (Å²) < 4.78 is 69.3. The summed E-state index contributed by atoms with van der Waals surface area (Å²) in [7, 11) is 0. The Balaban J connectivity index is 5.30. The number of alkyl halides is 10. The fourth-order valence-electron chi connectivity index (χ4n) is 0.356. The molecule has 0 bridgehead atoms. The first-order valence-corrected chi connectivity index (χ1v) is 4.15. The predicted molar refractivity (Wildman–Crippen MR) is 41.0 cm³/mol. The molecule has 0 aliphatic heterocycles. The second-order valence-corrected chi connectivity index (χ2v) is 4.37. The van der Waals surface area contributed by atoms with Gasteiger partial charge in [0.05, 0.1) is 0 Å². The first-order valence-electron chi connectivity index (χ1n) is 2.64. The van der Waals surface area contributed by atoms with Crippen molar-refractivity contribution in [3.63, 3.8) is 0 Å². The summed E-state index contributed by atoms with van der Waals surface area (Å²) in [5.74, 6) is -5.60. The standard InChI is InChI=1S/C4Cl4F6/c5-1(9,4(8,13)14)2(10,11)3(6,7)12. The van der Waals surface area contributed by atoms with E-state index in [1.54, 1.807) is 0 Å². The molecule has 0 radical (unpaired) electrons. The average molecular weight is 304 g/mol. The highest BCUT2D eigenvalue weighted by atomic mass is 35.5. The summed E-state index contributed by atoms with van der Waals surface area (Å²) in [4.78, 5) is 0. The van der Waals surface area contributed by atoms with Crippen LogP contribution in [0.25, 0.3) is 0 Å². The van der Waals surface area contributed by atoms with E-state index in [0.717, 1.165) is 0 Å². The highest BCUT2D eigenvalue weighted by Gasteiger charge is 2.77. The van der Waals surface area contributed by atoms with Crippen LogP contribution < -0.4 is 0 Å². The molecule has 1 unspecified atom stereocenters. The second-order valence-electron chi connectivity index (χ2n) is 2.14. The van der Waals surface area contributed by atoms with Crippen LogP contribution in [0, 0.1) is 0 Å². The van der Waals surface area contributed by atoms with Crippen molar-refractivity contribution in [3.8, 4) is 0 Å². The van der Waals surface area contributed by atoms with Gasteiger partial charge in [0.1, 0.15) is 0 Å². The molecule has 0 saturated heterocycles. The van der Waals surface area contributed by atoms with E-state index in [-0.39, 0.29) is 0 Å². The molecule has 0 rings (SSSR count). The summed E-state index contributed by atoms with van der Waals surface area (Å²) in [6.07, 6.45) is 0. The molecule has 0 aliphatic rings. The van der Waals surface area contributed by atoms with E-state index in [4.69, 9.17) is 0 Å². The maximum absolute atomic E-state index is 12.6. The van der Waals surface area contributed by atoms with Crippen molar-refractivity contribution in [2.45, 2.75) is 21.0 Å². The van der Waals surface area contributed by atoms with E-state index in [0.29, 0.717) is 0 Å². The van der Waals surface area contributed by atoms with Crippen LogP contribution in [0.4, 0.5) is 26.3 Å². The van der Waals surface area contributed by atoms with Crippen molar-refractivity contribution in [2.75, 3.05) is 0 Å². The highest BCUT2D eigenvalue weighted by molar-refractivity contribution is 6.48. The summed E-state index contributed by atoms with van der Waals surface area (Å²) in [5, 5.41) is -10.5. The average Bonchev–Trinajstić information content (AvgIpc) is 1.81. The third-order valence-corrected chi connectivity index (χ3v) is 2.41. The van der Waals surface area contributed by atoms with Gasteiger partial charge >= 0.3 is 21.0 Å². The lowest BCUT2D eigenvalue weighted by molar-refractivity contribution is -0.195. The molecule has 10 heteroatoms. The largest absolute Gasteiger partial charge is 0.375 e. The third kappa shape index (κ3) is 2.28. The molecule has 0 aromatic carbocycles. The lowest BCUT2D eigenvalue weighted by atomic mass is 10.2. The Labute approximate surface area is 94.0 Å². The van der Waals surface area contributed by atoms with E-state index >= 15 is 0 Å². The van der Waals surface area contributed by atoms with E-state index < -0.39 is 21.0 Å². The van der Waals surface area contributed by atoms with Crippen LogP contribution in [-0.4, -0.2) is 21.0 Å². The Morgan fingerprint density at radius 3 is 1.00 bits per heavy atom. The molecule has 0 fully saturated rings. The molecule has 0 aromatic rings.